The molecule has 2 N–H and O–H groups in total. The molecule has 0 radical (unpaired) electrons. The van der Waals surface area contributed by atoms with Crippen LogP contribution in [0.25, 0.3) is 0 Å². The first-order valence-electron chi connectivity index (χ1n) is 7.63. The Morgan fingerprint density at radius 3 is 2.44 bits per heavy atom. The van der Waals surface area contributed by atoms with Crippen LogP contribution in [0.5, 0.6) is 0 Å². The quantitative estimate of drug-likeness (QED) is 0.762. The van der Waals surface area contributed by atoms with Crippen molar-refractivity contribution in [1.29, 1.82) is 5.26 Å². The summed E-state index contributed by atoms with van der Waals surface area (Å²) < 4.78 is 0. The van der Waals surface area contributed by atoms with Crippen LogP contribution in [-0.2, 0) is 0 Å². The van der Waals surface area contributed by atoms with Gasteiger partial charge < -0.3 is 10.6 Å². The predicted molar refractivity (Wildman–Crippen MR) is 95.6 cm³/mol. The lowest BCUT2D eigenvalue weighted by molar-refractivity contribution is 0.102. The number of nitrogens with one attached hydrogen (secondary N) is 2. The van der Waals surface area contributed by atoms with Crippen LogP contribution >= 0.6 is 0 Å². The van der Waals surface area contributed by atoms with E-state index in [-0.39, 0.29) is 11.6 Å². The zero-order valence-electron chi connectivity index (χ0n) is 13.5. The molecule has 6 heteroatoms. The van der Waals surface area contributed by atoms with E-state index in [2.05, 4.69) is 26.9 Å². The van der Waals surface area contributed by atoms with Crippen LogP contribution < -0.4 is 10.6 Å². The summed E-state index contributed by atoms with van der Waals surface area (Å²) in [6.45, 7) is 1.96. The molecule has 0 atom stereocenters. The van der Waals surface area contributed by atoms with E-state index < -0.39 is 0 Å². The molecule has 2 aromatic carbocycles. The van der Waals surface area contributed by atoms with Gasteiger partial charge in [0, 0.05) is 11.4 Å². The van der Waals surface area contributed by atoms with Crippen LogP contribution in [0.15, 0.2) is 60.7 Å². The first-order valence-corrected chi connectivity index (χ1v) is 7.63. The first-order chi connectivity index (χ1) is 12.1. The highest BCUT2D eigenvalue weighted by molar-refractivity contribution is 6.02. The maximum Gasteiger partial charge on any atom is 0.276 e. The highest BCUT2D eigenvalue weighted by Gasteiger charge is 2.09. The highest BCUT2D eigenvalue weighted by atomic mass is 16.1. The van der Waals surface area contributed by atoms with Crippen molar-refractivity contribution in [3.05, 3.63) is 77.5 Å². The lowest BCUT2D eigenvalue weighted by Gasteiger charge is -2.07. The fourth-order valence-corrected chi connectivity index (χ4v) is 2.21. The number of nitrogens with zero attached hydrogens (tertiary/aromatic N) is 3. The van der Waals surface area contributed by atoms with Gasteiger partial charge >= 0.3 is 0 Å². The Hall–Kier alpha value is -3.72. The number of nitriles is 1. The average molecular weight is 329 g/mol. The molecule has 0 unspecified atom stereocenters. The number of carbonyl (C=O) groups is 1. The summed E-state index contributed by atoms with van der Waals surface area (Å²) in [7, 11) is 0. The van der Waals surface area contributed by atoms with Crippen LogP contribution in [0.3, 0.4) is 0 Å². The maximum atomic E-state index is 12.2. The van der Waals surface area contributed by atoms with E-state index in [9.17, 15) is 4.79 Å². The van der Waals surface area contributed by atoms with Crippen LogP contribution in [0.2, 0.25) is 0 Å². The molecule has 1 amide bonds. The van der Waals surface area contributed by atoms with Gasteiger partial charge in [-0.05, 0) is 61.0 Å². The fraction of sp³-hybridized carbons (Fsp3) is 0.0526. The van der Waals surface area contributed by atoms with Crippen molar-refractivity contribution >= 4 is 23.1 Å². The molecule has 1 aromatic heterocycles. The third-order valence-electron chi connectivity index (χ3n) is 3.46. The fourth-order valence-electron chi connectivity index (χ4n) is 2.21. The summed E-state index contributed by atoms with van der Waals surface area (Å²) in [4.78, 5) is 12.2. The van der Waals surface area contributed by atoms with Crippen LogP contribution in [0.4, 0.5) is 17.2 Å². The van der Waals surface area contributed by atoms with Gasteiger partial charge in [0.05, 0.1) is 11.6 Å². The smallest absolute Gasteiger partial charge is 0.276 e. The van der Waals surface area contributed by atoms with Gasteiger partial charge in [-0.3, -0.25) is 4.79 Å². The standard InChI is InChI=1S/C19H15N5O/c1-13-3-2-4-16(11-13)22-19(25)17-9-10-18(24-23-17)21-15-7-5-14(12-20)6-8-15/h2-11H,1H3,(H,21,24)(H,22,25). The Balaban J connectivity index is 1.66. The van der Waals surface area contributed by atoms with E-state index >= 15 is 0 Å². The Kier molecular flexibility index (Phi) is 4.67. The Bertz CT molecular complexity index is 927. The molecule has 1 heterocycles. The van der Waals surface area contributed by atoms with Gasteiger partial charge in [-0.2, -0.15) is 5.26 Å². The second-order valence-electron chi connectivity index (χ2n) is 5.44. The molecule has 6 nitrogen and oxygen atoms in total. The van der Waals surface area contributed by atoms with Crippen molar-refractivity contribution in [2.24, 2.45) is 0 Å². The van der Waals surface area contributed by atoms with Gasteiger partial charge in [0.25, 0.3) is 5.91 Å². The molecular weight excluding hydrogens is 314 g/mol. The number of rotatable bonds is 4. The van der Waals surface area contributed by atoms with Gasteiger partial charge in [-0.1, -0.05) is 12.1 Å². The minimum Gasteiger partial charge on any atom is -0.339 e. The molecule has 0 fully saturated rings. The van der Waals surface area contributed by atoms with Crippen molar-refractivity contribution in [2.75, 3.05) is 10.6 Å². The normalized spacial score (nSPS) is 9.92. The molecule has 0 saturated carbocycles. The molecule has 0 spiro atoms. The molecule has 0 aliphatic rings. The number of benzene rings is 2. The van der Waals surface area contributed by atoms with Gasteiger partial charge in [0.2, 0.25) is 0 Å². The van der Waals surface area contributed by atoms with Crippen molar-refractivity contribution in [1.82, 2.24) is 10.2 Å². The first kappa shape index (κ1) is 16.1. The lowest BCUT2D eigenvalue weighted by atomic mass is 10.2. The van der Waals surface area contributed by atoms with Crippen molar-refractivity contribution in [3.63, 3.8) is 0 Å². The lowest BCUT2D eigenvalue weighted by Crippen LogP contribution is -2.14. The Labute approximate surface area is 145 Å². The number of hydrogen-bond donors (Lipinski definition) is 2. The van der Waals surface area contributed by atoms with Crippen LogP contribution in [-0.4, -0.2) is 16.1 Å². The van der Waals surface area contributed by atoms with E-state index in [0.29, 0.717) is 17.1 Å². The molecule has 0 aliphatic carbocycles. The maximum absolute atomic E-state index is 12.2. The Morgan fingerprint density at radius 1 is 1.00 bits per heavy atom. The minimum absolute atomic E-state index is 0.229. The Morgan fingerprint density at radius 2 is 1.80 bits per heavy atom. The summed E-state index contributed by atoms with van der Waals surface area (Å²) in [6, 6.07) is 19.8. The van der Waals surface area contributed by atoms with Gasteiger partial charge in [0.15, 0.2) is 11.5 Å². The molecule has 0 bridgehead atoms. The van der Waals surface area contributed by atoms with Gasteiger partial charge in [0.1, 0.15) is 0 Å². The highest BCUT2D eigenvalue weighted by Crippen LogP contribution is 2.15. The molecule has 122 valence electrons. The van der Waals surface area contributed by atoms with E-state index in [0.717, 1.165) is 11.3 Å². The SMILES string of the molecule is Cc1cccc(NC(=O)c2ccc(Nc3ccc(C#N)cc3)nn2)c1. The number of amides is 1. The number of hydrogen-bond acceptors (Lipinski definition) is 5. The van der Waals surface area contributed by atoms with E-state index in [1.54, 1.807) is 36.4 Å². The summed E-state index contributed by atoms with van der Waals surface area (Å²) in [5, 5.41) is 22.6. The van der Waals surface area contributed by atoms with Crippen molar-refractivity contribution in [2.45, 2.75) is 6.92 Å². The summed E-state index contributed by atoms with van der Waals surface area (Å²) in [5.41, 5.74) is 3.37. The number of aromatic nitrogens is 2. The molecule has 3 rings (SSSR count). The minimum atomic E-state index is -0.317. The van der Waals surface area contributed by atoms with E-state index in [4.69, 9.17) is 5.26 Å². The van der Waals surface area contributed by atoms with Crippen molar-refractivity contribution < 1.29 is 4.79 Å². The zero-order valence-corrected chi connectivity index (χ0v) is 13.5. The number of aryl methyl sites for hydroxylation is 1. The van der Waals surface area contributed by atoms with E-state index in [1.807, 2.05) is 31.2 Å². The molecule has 3 aromatic rings. The largest absolute Gasteiger partial charge is 0.339 e. The third-order valence-corrected chi connectivity index (χ3v) is 3.46. The van der Waals surface area contributed by atoms with Crippen LogP contribution in [0, 0.1) is 18.3 Å². The summed E-state index contributed by atoms with van der Waals surface area (Å²) in [5.74, 6) is 0.194. The monoisotopic (exact) mass is 329 g/mol. The molecule has 0 saturated heterocycles. The van der Waals surface area contributed by atoms with Gasteiger partial charge in [-0.25, -0.2) is 0 Å². The molecule has 25 heavy (non-hydrogen) atoms. The zero-order chi connectivity index (χ0) is 17.6. The van der Waals surface area contributed by atoms with Gasteiger partial charge in [-0.15, -0.1) is 10.2 Å². The summed E-state index contributed by atoms with van der Waals surface area (Å²) >= 11 is 0. The number of carbonyl (C=O) groups excluding carboxylic acids is 1. The van der Waals surface area contributed by atoms with E-state index in [1.165, 1.54) is 0 Å². The average Bonchev–Trinajstić information content (AvgIpc) is 2.63. The molecular formula is C19H15N5O. The van der Waals surface area contributed by atoms with Crippen LogP contribution in [0.1, 0.15) is 21.6 Å². The second kappa shape index (κ2) is 7.23. The van der Waals surface area contributed by atoms with Crippen molar-refractivity contribution in [3.8, 4) is 6.07 Å². The predicted octanol–water partition coefficient (Wildman–Crippen LogP) is 3.65. The third kappa shape index (κ3) is 4.18. The topological polar surface area (TPSA) is 90.7 Å². The molecule has 0 aliphatic heterocycles. The second-order valence-corrected chi connectivity index (χ2v) is 5.44. The number of anilines is 3. The summed E-state index contributed by atoms with van der Waals surface area (Å²) in [6.07, 6.45) is 0.